The molecule has 0 atom stereocenters. The summed E-state index contributed by atoms with van der Waals surface area (Å²) in [5, 5.41) is 10.3. The number of carboxylic acids is 1. The lowest BCUT2D eigenvalue weighted by molar-refractivity contribution is -0.192. The molecule has 0 aromatic heterocycles. The highest BCUT2D eigenvalue weighted by Gasteiger charge is 2.38. The average Bonchev–Trinajstić information content (AvgIpc) is 2.93. The number of piperazine rings is 1. The van der Waals surface area contributed by atoms with Gasteiger partial charge in [-0.05, 0) is 42.7 Å². The van der Waals surface area contributed by atoms with E-state index in [-0.39, 0.29) is 23.4 Å². The van der Waals surface area contributed by atoms with Crippen molar-refractivity contribution in [1.29, 1.82) is 0 Å². The second kappa shape index (κ2) is 14.0. The van der Waals surface area contributed by atoms with Crippen LogP contribution in [0.2, 0.25) is 0 Å². The van der Waals surface area contributed by atoms with E-state index in [1.54, 1.807) is 4.90 Å². The van der Waals surface area contributed by atoms with E-state index in [1.807, 2.05) is 18.2 Å². The maximum Gasteiger partial charge on any atom is 0.490 e. The highest BCUT2D eigenvalue weighted by atomic mass is 32.2. The quantitative estimate of drug-likeness (QED) is 0.479. The van der Waals surface area contributed by atoms with E-state index in [9.17, 15) is 30.8 Å². The Hall–Kier alpha value is -3.07. The van der Waals surface area contributed by atoms with E-state index in [4.69, 9.17) is 9.90 Å². The summed E-state index contributed by atoms with van der Waals surface area (Å²) in [7, 11) is -3.94. The van der Waals surface area contributed by atoms with E-state index in [2.05, 4.69) is 22.3 Å². The molecule has 2 heterocycles. The predicted molar refractivity (Wildman–Crippen MR) is 138 cm³/mol. The Morgan fingerprint density at radius 1 is 0.950 bits per heavy atom. The molecule has 0 aliphatic carbocycles. The van der Waals surface area contributed by atoms with Crippen molar-refractivity contribution in [2.45, 2.75) is 36.5 Å². The number of hydrogen-bond acceptors (Lipinski definition) is 6. The minimum atomic E-state index is -5.08. The number of alkyl halides is 3. The Balaban J connectivity index is 0.000000559. The highest BCUT2D eigenvalue weighted by molar-refractivity contribution is 7.89. The molecular formula is C26H32F4N4O5S. The Labute approximate surface area is 230 Å². The lowest BCUT2D eigenvalue weighted by atomic mass is 10.0. The Morgan fingerprint density at radius 2 is 1.50 bits per heavy atom. The van der Waals surface area contributed by atoms with Crippen LogP contribution in [0.4, 0.5) is 17.6 Å². The number of rotatable bonds is 7. The molecule has 2 aliphatic rings. The van der Waals surface area contributed by atoms with Crippen LogP contribution < -0.4 is 5.32 Å². The second-order valence-electron chi connectivity index (χ2n) is 9.43. The molecule has 0 radical (unpaired) electrons. The second-order valence-corrected chi connectivity index (χ2v) is 11.3. The molecule has 0 bridgehead atoms. The number of carbonyl (C=O) groups is 2. The first-order chi connectivity index (χ1) is 18.9. The molecule has 2 fully saturated rings. The van der Waals surface area contributed by atoms with Crippen molar-refractivity contribution in [1.82, 2.24) is 19.4 Å². The molecule has 0 spiro atoms. The number of sulfonamides is 1. The molecule has 4 rings (SSSR count). The van der Waals surface area contributed by atoms with Crippen molar-refractivity contribution < 1.29 is 40.7 Å². The van der Waals surface area contributed by atoms with Gasteiger partial charge >= 0.3 is 12.1 Å². The summed E-state index contributed by atoms with van der Waals surface area (Å²) in [6, 6.07) is 14.8. The summed E-state index contributed by atoms with van der Waals surface area (Å²) in [6.07, 6.45) is -3.80. The Bertz CT molecular complexity index is 1220. The number of likely N-dealkylation sites (tertiary alicyclic amines) is 1. The van der Waals surface area contributed by atoms with Gasteiger partial charge < -0.3 is 15.3 Å². The molecule has 220 valence electrons. The van der Waals surface area contributed by atoms with Gasteiger partial charge in [-0.15, -0.1) is 0 Å². The van der Waals surface area contributed by atoms with Gasteiger partial charge in [-0.25, -0.2) is 17.6 Å². The number of benzene rings is 2. The summed E-state index contributed by atoms with van der Waals surface area (Å²) in [6.45, 7) is 4.66. The van der Waals surface area contributed by atoms with E-state index < -0.39 is 28.0 Å². The molecule has 2 aromatic carbocycles. The number of amides is 1. The van der Waals surface area contributed by atoms with E-state index in [1.165, 1.54) is 22.0 Å². The fourth-order valence-electron chi connectivity index (χ4n) is 4.51. The van der Waals surface area contributed by atoms with Crippen LogP contribution in [0.15, 0.2) is 59.5 Å². The van der Waals surface area contributed by atoms with Crippen molar-refractivity contribution in [3.05, 3.63) is 66.0 Å². The van der Waals surface area contributed by atoms with Gasteiger partial charge in [0.25, 0.3) is 0 Å². The third-order valence-electron chi connectivity index (χ3n) is 6.64. The molecule has 0 saturated carbocycles. The van der Waals surface area contributed by atoms with Gasteiger partial charge in [0.05, 0.1) is 11.4 Å². The molecule has 1 amide bonds. The largest absolute Gasteiger partial charge is 0.490 e. The number of carbonyl (C=O) groups excluding carboxylic acids is 1. The van der Waals surface area contributed by atoms with Crippen molar-refractivity contribution in [2.75, 3.05) is 45.8 Å². The SMILES string of the molecule is O=C(CN(C1CCN(Cc2ccccc2)CC1)S(=O)(=O)c1ccc(F)cc1)N1CCNCC1.O=C(O)C(F)(F)F. The minimum Gasteiger partial charge on any atom is -0.475 e. The van der Waals surface area contributed by atoms with E-state index in [0.717, 1.165) is 31.8 Å². The van der Waals surface area contributed by atoms with Crippen LogP contribution >= 0.6 is 0 Å². The zero-order chi connectivity index (χ0) is 29.3. The lowest BCUT2D eigenvalue weighted by Crippen LogP contribution is -2.53. The summed E-state index contributed by atoms with van der Waals surface area (Å²) in [5.41, 5.74) is 1.22. The maximum absolute atomic E-state index is 13.5. The van der Waals surface area contributed by atoms with Crippen molar-refractivity contribution in [2.24, 2.45) is 0 Å². The number of piperidine rings is 1. The van der Waals surface area contributed by atoms with Crippen molar-refractivity contribution in [3.63, 3.8) is 0 Å². The first-order valence-corrected chi connectivity index (χ1v) is 14.1. The number of aliphatic carboxylic acids is 1. The molecule has 40 heavy (non-hydrogen) atoms. The zero-order valence-corrected chi connectivity index (χ0v) is 22.5. The van der Waals surface area contributed by atoms with E-state index in [0.29, 0.717) is 39.0 Å². The molecule has 14 heteroatoms. The monoisotopic (exact) mass is 588 g/mol. The summed E-state index contributed by atoms with van der Waals surface area (Å²) in [5.74, 6) is -3.44. The zero-order valence-electron chi connectivity index (χ0n) is 21.7. The van der Waals surface area contributed by atoms with Gasteiger partial charge in [-0.2, -0.15) is 17.5 Å². The first kappa shape index (κ1) is 31.5. The maximum atomic E-state index is 13.5. The van der Waals surface area contributed by atoms with Crippen LogP contribution in [0.1, 0.15) is 18.4 Å². The van der Waals surface area contributed by atoms with Crippen molar-refractivity contribution in [3.8, 4) is 0 Å². The number of halogens is 4. The highest BCUT2D eigenvalue weighted by Crippen LogP contribution is 2.26. The number of hydrogen-bond donors (Lipinski definition) is 2. The smallest absolute Gasteiger partial charge is 0.475 e. The molecular weight excluding hydrogens is 556 g/mol. The molecule has 2 aromatic rings. The average molecular weight is 589 g/mol. The fraction of sp³-hybridized carbons (Fsp3) is 0.462. The fourth-order valence-corrected chi connectivity index (χ4v) is 6.14. The van der Waals surface area contributed by atoms with Crippen LogP contribution in [0.25, 0.3) is 0 Å². The van der Waals surface area contributed by atoms with Crippen LogP contribution in [-0.4, -0.2) is 97.5 Å². The molecule has 2 aliphatic heterocycles. The summed E-state index contributed by atoms with van der Waals surface area (Å²) < 4.78 is 73.6. The molecule has 0 unspecified atom stereocenters. The van der Waals surface area contributed by atoms with Gasteiger partial charge in [0.15, 0.2) is 0 Å². The third kappa shape index (κ3) is 8.98. The molecule has 2 N–H and O–H groups in total. The predicted octanol–water partition coefficient (Wildman–Crippen LogP) is 2.55. The number of nitrogens with one attached hydrogen (secondary N) is 1. The normalized spacial score (nSPS) is 17.3. The van der Waals surface area contributed by atoms with Crippen molar-refractivity contribution >= 4 is 21.9 Å². The summed E-state index contributed by atoms with van der Waals surface area (Å²) in [4.78, 5) is 26.0. The first-order valence-electron chi connectivity index (χ1n) is 12.7. The van der Waals surface area contributed by atoms with Gasteiger partial charge in [-0.1, -0.05) is 30.3 Å². The van der Waals surface area contributed by atoms with E-state index >= 15 is 0 Å². The van der Waals surface area contributed by atoms with Crippen LogP contribution in [0.5, 0.6) is 0 Å². The molecule has 2 saturated heterocycles. The topological polar surface area (TPSA) is 110 Å². The van der Waals surface area contributed by atoms with Gasteiger partial charge in [-0.3, -0.25) is 9.69 Å². The van der Waals surface area contributed by atoms with Gasteiger partial charge in [0, 0.05) is 51.9 Å². The third-order valence-corrected chi connectivity index (χ3v) is 8.55. The molecule has 9 nitrogen and oxygen atoms in total. The van der Waals surface area contributed by atoms with Gasteiger partial charge in [0.2, 0.25) is 15.9 Å². The lowest BCUT2D eigenvalue weighted by Gasteiger charge is -2.38. The number of carboxylic acid groups (broad SMARTS) is 1. The summed E-state index contributed by atoms with van der Waals surface area (Å²) >= 11 is 0. The Kier molecular flexibility index (Phi) is 11.0. The minimum absolute atomic E-state index is 0.0173. The van der Waals surface area contributed by atoms with Crippen LogP contribution in [0.3, 0.4) is 0 Å². The number of nitrogens with zero attached hydrogens (tertiary/aromatic N) is 3. The Morgan fingerprint density at radius 3 is 2.02 bits per heavy atom. The standard InChI is InChI=1S/C24H31FN4O3S.C2HF3O2/c25-21-6-8-23(9-7-21)33(31,32)29(19-24(30)28-16-12-26-13-17-28)22-10-14-27(15-11-22)18-20-4-2-1-3-5-20;3-2(4,5)1(6)7/h1-9,22,26H,10-19H2;(H,6,7). The van der Waals surface area contributed by atoms with Crippen LogP contribution in [0, 0.1) is 5.82 Å². The van der Waals surface area contributed by atoms with Crippen LogP contribution in [-0.2, 0) is 26.2 Å². The van der Waals surface area contributed by atoms with Gasteiger partial charge in [0.1, 0.15) is 5.82 Å².